The van der Waals surface area contributed by atoms with Gasteiger partial charge in [-0.05, 0) is 60.1 Å². The van der Waals surface area contributed by atoms with Gasteiger partial charge < -0.3 is 14.4 Å². The number of amides is 1. The van der Waals surface area contributed by atoms with Gasteiger partial charge in [-0.1, -0.05) is 11.6 Å². The van der Waals surface area contributed by atoms with Crippen molar-refractivity contribution < 1.29 is 19.1 Å². The van der Waals surface area contributed by atoms with Crippen LogP contribution in [0.5, 0.6) is 0 Å². The van der Waals surface area contributed by atoms with Crippen LogP contribution in [0.2, 0.25) is 5.02 Å². The van der Waals surface area contributed by atoms with E-state index in [1.165, 1.54) is 4.57 Å². The first kappa shape index (κ1) is 21.4. The van der Waals surface area contributed by atoms with Crippen molar-refractivity contribution in [2.45, 2.75) is 65.1 Å². The Labute approximate surface area is 175 Å². The molecule has 1 unspecified atom stereocenters. The number of nitrogens with zero attached hydrogens (tertiary/aromatic N) is 3. The van der Waals surface area contributed by atoms with Crippen molar-refractivity contribution in [3.8, 4) is 0 Å². The van der Waals surface area contributed by atoms with Crippen molar-refractivity contribution in [3.05, 3.63) is 29.0 Å². The zero-order chi connectivity index (χ0) is 21.6. The molecule has 7 nitrogen and oxygen atoms in total. The Kier molecular flexibility index (Phi) is 5.56. The van der Waals surface area contributed by atoms with Crippen LogP contribution in [0.3, 0.4) is 0 Å². The number of carbonyl (C=O) groups excluding carboxylic acids is 2. The molecule has 1 saturated heterocycles. The summed E-state index contributed by atoms with van der Waals surface area (Å²) in [5, 5.41) is 1.20. The molecule has 1 atom stereocenters. The first-order chi connectivity index (χ1) is 13.4. The summed E-state index contributed by atoms with van der Waals surface area (Å²) in [6, 6.07) is 3.56. The summed E-state index contributed by atoms with van der Waals surface area (Å²) in [5.41, 5.74) is -0.0156. The maximum Gasteiger partial charge on any atom is 0.420 e. The highest BCUT2D eigenvalue weighted by atomic mass is 35.5. The van der Waals surface area contributed by atoms with Crippen LogP contribution in [0.15, 0.2) is 18.3 Å². The van der Waals surface area contributed by atoms with Crippen molar-refractivity contribution in [3.63, 3.8) is 0 Å². The van der Waals surface area contributed by atoms with Gasteiger partial charge in [-0.2, -0.15) is 0 Å². The molecule has 158 valence electrons. The van der Waals surface area contributed by atoms with E-state index in [0.29, 0.717) is 35.6 Å². The van der Waals surface area contributed by atoms with Gasteiger partial charge in [0.2, 0.25) is 0 Å². The first-order valence-electron chi connectivity index (χ1n) is 9.73. The Morgan fingerprint density at radius 1 is 1.10 bits per heavy atom. The fourth-order valence-corrected chi connectivity index (χ4v) is 3.58. The fraction of sp³-hybridized carbons (Fsp3) is 0.571. The average molecular weight is 422 g/mol. The third-order valence-electron chi connectivity index (χ3n) is 4.51. The van der Waals surface area contributed by atoms with Gasteiger partial charge in [-0.3, -0.25) is 0 Å². The molecule has 0 aliphatic carbocycles. The van der Waals surface area contributed by atoms with Crippen molar-refractivity contribution >= 4 is 34.8 Å². The molecule has 1 aliphatic rings. The smallest absolute Gasteiger partial charge is 0.420 e. The number of halogens is 1. The lowest BCUT2D eigenvalue weighted by molar-refractivity contribution is 0.0292. The summed E-state index contributed by atoms with van der Waals surface area (Å²) < 4.78 is 12.6. The van der Waals surface area contributed by atoms with E-state index in [9.17, 15) is 9.59 Å². The predicted octanol–water partition coefficient (Wildman–Crippen LogP) is 5.20. The number of aromatic nitrogens is 2. The number of hydrogen-bond acceptors (Lipinski definition) is 5. The third-order valence-corrected chi connectivity index (χ3v) is 4.84. The molecule has 2 aromatic rings. The van der Waals surface area contributed by atoms with Crippen molar-refractivity contribution in [1.82, 2.24) is 14.5 Å². The number of ether oxygens (including phenoxy) is 2. The minimum Gasteiger partial charge on any atom is -0.444 e. The van der Waals surface area contributed by atoms with Crippen molar-refractivity contribution in [2.24, 2.45) is 0 Å². The van der Waals surface area contributed by atoms with Crippen LogP contribution in [0.4, 0.5) is 9.59 Å². The van der Waals surface area contributed by atoms with E-state index in [0.717, 1.165) is 5.69 Å². The van der Waals surface area contributed by atoms with Crippen LogP contribution >= 0.6 is 11.6 Å². The fourth-order valence-electron chi connectivity index (χ4n) is 3.38. The molecule has 1 aliphatic heterocycles. The predicted molar refractivity (Wildman–Crippen MR) is 112 cm³/mol. The Bertz CT molecular complexity index is 940. The molecule has 2 aromatic heterocycles. The Morgan fingerprint density at radius 2 is 1.72 bits per heavy atom. The lowest BCUT2D eigenvalue weighted by Gasteiger charge is -2.24. The zero-order valence-electron chi connectivity index (χ0n) is 17.8. The normalized spacial score (nSPS) is 17.6. The van der Waals surface area contributed by atoms with E-state index in [2.05, 4.69) is 4.98 Å². The maximum absolute atomic E-state index is 13.0. The molecular weight excluding hydrogens is 394 g/mol. The van der Waals surface area contributed by atoms with Crippen LogP contribution in [0, 0.1) is 0 Å². The van der Waals surface area contributed by atoms with E-state index in [1.807, 2.05) is 47.6 Å². The summed E-state index contributed by atoms with van der Waals surface area (Å²) in [6.45, 7) is 12.0. The Balaban J connectivity index is 1.95. The molecule has 0 N–H and O–H groups in total. The van der Waals surface area contributed by atoms with Gasteiger partial charge in [-0.15, -0.1) is 0 Å². The summed E-state index contributed by atoms with van der Waals surface area (Å²) in [6.07, 6.45) is 1.41. The average Bonchev–Trinajstić information content (AvgIpc) is 3.16. The van der Waals surface area contributed by atoms with Crippen molar-refractivity contribution in [2.75, 3.05) is 13.1 Å². The second kappa shape index (κ2) is 7.52. The molecule has 0 aromatic carbocycles. The number of fused-ring (bicyclic) bond motifs is 1. The van der Waals surface area contributed by atoms with Gasteiger partial charge in [0.05, 0.1) is 5.02 Å². The van der Waals surface area contributed by atoms with Gasteiger partial charge in [0.15, 0.2) is 5.65 Å². The van der Waals surface area contributed by atoms with Crippen LogP contribution in [-0.4, -0.2) is 50.9 Å². The van der Waals surface area contributed by atoms with Crippen LogP contribution in [0.1, 0.15) is 59.6 Å². The van der Waals surface area contributed by atoms with Crippen LogP contribution in [-0.2, 0) is 9.47 Å². The monoisotopic (exact) mass is 421 g/mol. The summed E-state index contributed by atoms with van der Waals surface area (Å²) in [7, 11) is 0. The van der Waals surface area contributed by atoms with E-state index >= 15 is 0 Å². The number of rotatable bonds is 1. The number of pyridine rings is 1. The minimum atomic E-state index is -0.651. The molecule has 0 bridgehead atoms. The number of carbonyl (C=O) groups is 2. The van der Waals surface area contributed by atoms with Crippen LogP contribution in [0.25, 0.3) is 11.0 Å². The minimum absolute atomic E-state index is 0.0553. The molecule has 0 spiro atoms. The molecule has 29 heavy (non-hydrogen) atoms. The molecular formula is C21H28ClN3O4. The lowest BCUT2D eigenvalue weighted by Crippen LogP contribution is -2.35. The highest BCUT2D eigenvalue weighted by Gasteiger charge is 2.34. The summed E-state index contributed by atoms with van der Waals surface area (Å²) in [4.78, 5) is 31.5. The van der Waals surface area contributed by atoms with E-state index < -0.39 is 17.3 Å². The third kappa shape index (κ3) is 4.83. The number of hydrogen-bond donors (Lipinski definition) is 0. The van der Waals surface area contributed by atoms with Gasteiger partial charge >= 0.3 is 12.2 Å². The topological polar surface area (TPSA) is 73.7 Å². The largest absolute Gasteiger partial charge is 0.444 e. The second-order valence-electron chi connectivity index (χ2n) is 9.33. The molecule has 0 saturated carbocycles. The molecule has 1 fully saturated rings. The van der Waals surface area contributed by atoms with Gasteiger partial charge in [-0.25, -0.2) is 19.1 Å². The quantitative estimate of drug-likeness (QED) is 0.632. The summed E-state index contributed by atoms with van der Waals surface area (Å²) in [5.74, 6) is -0.0553. The second-order valence-corrected chi connectivity index (χ2v) is 9.73. The highest BCUT2D eigenvalue weighted by molar-refractivity contribution is 6.35. The van der Waals surface area contributed by atoms with E-state index in [1.54, 1.807) is 17.2 Å². The van der Waals surface area contributed by atoms with Crippen LogP contribution < -0.4 is 0 Å². The van der Waals surface area contributed by atoms with E-state index in [4.69, 9.17) is 21.1 Å². The molecule has 3 rings (SSSR count). The lowest BCUT2D eigenvalue weighted by atomic mass is 10.0. The van der Waals surface area contributed by atoms with E-state index in [-0.39, 0.29) is 12.0 Å². The molecule has 3 heterocycles. The van der Waals surface area contributed by atoms with Gasteiger partial charge in [0.25, 0.3) is 0 Å². The molecule has 1 amide bonds. The SMILES string of the molecule is CC(C)(C)OC(=O)N1CCC(c2cc3c(Cl)ccnc3n2C(=O)OC(C)(C)C)C1. The Morgan fingerprint density at radius 3 is 2.34 bits per heavy atom. The van der Waals surface area contributed by atoms with Crippen molar-refractivity contribution in [1.29, 1.82) is 0 Å². The van der Waals surface area contributed by atoms with Gasteiger partial charge in [0, 0.05) is 36.3 Å². The molecule has 8 heteroatoms. The number of likely N-dealkylation sites (tertiary alicyclic amines) is 1. The first-order valence-corrected chi connectivity index (χ1v) is 10.1. The van der Waals surface area contributed by atoms with Gasteiger partial charge in [0.1, 0.15) is 11.2 Å². The Hall–Kier alpha value is -2.28. The summed E-state index contributed by atoms with van der Waals surface area (Å²) >= 11 is 6.35. The molecule has 0 radical (unpaired) electrons. The standard InChI is InChI=1S/C21H28ClN3O4/c1-20(2,3)28-18(26)24-10-8-13(12-24)16-11-14-15(22)7-9-23-17(14)25(16)19(27)29-21(4,5)6/h7,9,11,13H,8,10,12H2,1-6H3. The highest BCUT2D eigenvalue weighted by Crippen LogP contribution is 2.34. The maximum atomic E-state index is 13.0. The zero-order valence-corrected chi connectivity index (χ0v) is 18.5.